The number of ether oxygens (including phenoxy) is 1. The maximum Gasteiger partial charge on any atom is 0.407 e. The van der Waals surface area contributed by atoms with Gasteiger partial charge in [0.25, 0.3) is 5.91 Å². The van der Waals surface area contributed by atoms with Crippen molar-refractivity contribution in [2.75, 3.05) is 6.61 Å². The lowest BCUT2D eigenvalue weighted by atomic mass is 9.98. The number of fused-ring (bicyclic) bond motifs is 3. The first-order chi connectivity index (χ1) is 20.6. The van der Waals surface area contributed by atoms with Crippen molar-refractivity contribution < 1.29 is 14.3 Å². The number of carbonyl (C=O) groups is 2. The molecule has 0 spiro atoms. The number of hydrogen-bond donors (Lipinski definition) is 2. The standard InChI is InChI=1S/C34H31N5O3/c40-33(35-20-25-13-5-2-6-14-25)32-22-39(38-37-32)21-26(19-24-11-3-1-4-12-24)36-34(41)42-23-31-29-17-9-7-15-27(29)28-16-8-10-18-30(28)31/h1-18,22,26,31H,19-21,23H2,(H,35,40)(H,36,41). The molecule has 4 aromatic carbocycles. The molecule has 0 saturated heterocycles. The summed E-state index contributed by atoms with van der Waals surface area (Å²) in [6.45, 7) is 0.942. The van der Waals surface area contributed by atoms with E-state index in [2.05, 4.69) is 45.2 Å². The van der Waals surface area contributed by atoms with Gasteiger partial charge in [-0.05, 0) is 39.8 Å². The number of amides is 2. The van der Waals surface area contributed by atoms with Crippen LogP contribution < -0.4 is 10.6 Å². The van der Waals surface area contributed by atoms with Crippen LogP contribution in [0.1, 0.15) is 38.7 Å². The largest absolute Gasteiger partial charge is 0.449 e. The molecule has 1 aliphatic carbocycles. The molecule has 0 radical (unpaired) electrons. The minimum absolute atomic E-state index is 0.0250. The minimum Gasteiger partial charge on any atom is -0.449 e. The second-order valence-corrected chi connectivity index (χ2v) is 10.4. The van der Waals surface area contributed by atoms with Gasteiger partial charge in [0.1, 0.15) is 6.61 Å². The number of rotatable bonds is 10. The molecule has 1 aromatic heterocycles. The lowest BCUT2D eigenvalue weighted by Crippen LogP contribution is -2.40. The van der Waals surface area contributed by atoms with Crippen molar-refractivity contribution in [1.82, 2.24) is 25.6 Å². The summed E-state index contributed by atoms with van der Waals surface area (Å²) in [7, 11) is 0. The Morgan fingerprint density at radius 1 is 0.786 bits per heavy atom. The lowest BCUT2D eigenvalue weighted by molar-refractivity contribution is 0.0945. The molecule has 1 unspecified atom stereocenters. The van der Waals surface area contributed by atoms with E-state index in [1.807, 2.05) is 84.9 Å². The second-order valence-electron chi connectivity index (χ2n) is 10.4. The number of carbonyl (C=O) groups excluding carboxylic acids is 2. The molecule has 42 heavy (non-hydrogen) atoms. The van der Waals surface area contributed by atoms with Gasteiger partial charge in [-0.2, -0.15) is 0 Å². The number of nitrogens with zero attached hydrogens (tertiary/aromatic N) is 3. The van der Waals surface area contributed by atoms with E-state index in [4.69, 9.17) is 4.74 Å². The highest BCUT2D eigenvalue weighted by Gasteiger charge is 2.29. The van der Waals surface area contributed by atoms with E-state index in [1.54, 1.807) is 10.9 Å². The number of aromatic nitrogens is 3. The number of hydrogen-bond acceptors (Lipinski definition) is 5. The van der Waals surface area contributed by atoms with Gasteiger partial charge < -0.3 is 15.4 Å². The van der Waals surface area contributed by atoms with Crippen molar-refractivity contribution in [1.29, 1.82) is 0 Å². The van der Waals surface area contributed by atoms with Crippen molar-refractivity contribution in [3.63, 3.8) is 0 Å². The van der Waals surface area contributed by atoms with Crippen LogP contribution in [0.15, 0.2) is 115 Å². The molecule has 1 aliphatic rings. The first-order valence-electron chi connectivity index (χ1n) is 14.0. The molecule has 0 saturated carbocycles. The summed E-state index contributed by atoms with van der Waals surface area (Å²) in [6.07, 6.45) is 1.65. The molecule has 2 N–H and O–H groups in total. The van der Waals surface area contributed by atoms with Crippen molar-refractivity contribution in [3.05, 3.63) is 143 Å². The van der Waals surface area contributed by atoms with Crippen molar-refractivity contribution in [2.45, 2.75) is 31.5 Å². The Bertz CT molecular complexity index is 1620. The fourth-order valence-electron chi connectivity index (χ4n) is 5.45. The van der Waals surface area contributed by atoms with Crippen LogP contribution in [0.2, 0.25) is 0 Å². The van der Waals surface area contributed by atoms with Gasteiger partial charge in [-0.25, -0.2) is 9.48 Å². The first kappa shape index (κ1) is 27.0. The fourth-order valence-corrected chi connectivity index (χ4v) is 5.45. The highest BCUT2D eigenvalue weighted by atomic mass is 16.5. The van der Waals surface area contributed by atoms with Crippen LogP contribution >= 0.6 is 0 Å². The van der Waals surface area contributed by atoms with Crippen LogP contribution in [-0.4, -0.2) is 39.6 Å². The van der Waals surface area contributed by atoms with E-state index >= 15 is 0 Å². The van der Waals surface area contributed by atoms with E-state index in [0.29, 0.717) is 19.5 Å². The Labute approximate surface area is 244 Å². The van der Waals surface area contributed by atoms with Crippen LogP contribution in [0, 0.1) is 0 Å². The van der Waals surface area contributed by atoms with Crippen LogP contribution in [0.3, 0.4) is 0 Å². The average molecular weight is 558 g/mol. The summed E-state index contributed by atoms with van der Waals surface area (Å²) in [4.78, 5) is 25.8. The Balaban J connectivity index is 1.11. The number of nitrogens with one attached hydrogen (secondary N) is 2. The van der Waals surface area contributed by atoms with Crippen LogP contribution in [0.25, 0.3) is 11.1 Å². The minimum atomic E-state index is -0.501. The van der Waals surface area contributed by atoms with Gasteiger partial charge in [-0.3, -0.25) is 4.79 Å². The zero-order valence-corrected chi connectivity index (χ0v) is 23.0. The SMILES string of the molecule is O=C(NC(Cc1ccccc1)Cn1cc(C(=O)NCc2ccccc2)nn1)OCC1c2ccccc2-c2ccccc21. The molecule has 0 bridgehead atoms. The Kier molecular flexibility index (Phi) is 8.03. The van der Waals surface area contributed by atoms with Crippen molar-refractivity contribution in [3.8, 4) is 11.1 Å². The molecular weight excluding hydrogens is 526 g/mol. The molecule has 6 rings (SSSR count). The molecule has 8 heteroatoms. The molecule has 210 valence electrons. The summed E-state index contributed by atoms with van der Waals surface area (Å²) >= 11 is 0. The number of alkyl carbamates (subject to hydrolysis) is 1. The lowest BCUT2D eigenvalue weighted by Gasteiger charge is -2.20. The third-order valence-corrected chi connectivity index (χ3v) is 7.47. The van der Waals surface area contributed by atoms with Gasteiger partial charge in [0.2, 0.25) is 0 Å². The van der Waals surface area contributed by atoms with E-state index in [0.717, 1.165) is 22.3 Å². The van der Waals surface area contributed by atoms with Crippen molar-refractivity contribution >= 4 is 12.0 Å². The normalized spacial score (nSPS) is 12.7. The molecule has 0 aliphatic heterocycles. The predicted octanol–water partition coefficient (Wildman–Crippen LogP) is 5.36. The number of benzene rings is 4. The third-order valence-electron chi connectivity index (χ3n) is 7.47. The molecule has 1 atom stereocenters. The summed E-state index contributed by atoms with van der Waals surface area (Å²) in [5, 5.41) is 14.1. The van der Waals surface area contributed by atoms with Gasteiger partial charge in [0.05, 0.1) is 18.8 Å². The fraction of sp³-hybridized carbons (Fsp3) is 0.176. The highest BCUT2D eigenvalue weighted by molar-refractivity contribution is 5.91. The van der Waals surface area contributed by atoms with Crippen LogP contribution in [-0.2, 0) is 24.2 Å². The molecule has 1 heterocycles. The quantitative estimate of drug-likeness (QED) is 0.241. The van der Waals surface area contributed by atoms with Crippen LogP contribution in [0.4, 0.5) is 4.79 Å². The molecule has 0 fully saturated rings. The maximum absolute atomic E-state index is 13.1. The first-order valence-corrected chi connectivity index (χ1v) is 14.0. The van der Waals surface area contributed by atoms with Crippen molar-refractivity contribution in [2.24, 2.45) is 0 Å². The van der Waals surface area contributed by atoms with Gasteiger partial charge in [0, 0.05) is 12.5 Å². The van der Waals surface area contributed by atoms with E-state index in [1.165, 1.54) is 11.1 Å². The Morgan fingerprint density at radius 2 is 1.38 bits per heavy atom. The van der Waals surface area contributed by atoms with Gasteiger partial charge in [-0.1, -0.05) is 114 Å². The Hall–Kier alpha value is -5.24. The maximum atomic E-state index is 13.1. The van der Waals surface area contributed by atoms with Gasteiger partial charge in [0.15, 0.2) is 5.69 Å². The summed E-state index contributed by atoms with van der Waals surface area (Å²) < 4.78 is 7.38. The predicted molar refractivity (Wildman–Crippen MR) is 160 cm³/mol. The summed E-state index contributed by atoms with van der Waals surface area (Å²) in [5.41, 5.74) is 6.94. The van der Waals surface area contributed by atoms with Crippen LogP contribution in [0.5, 0.6) is 0 Å². The van der Waals surface area contributed by atoms with E-state index in [9.17, 15) is 9.59 Å². The zero-order chi connectivity index (χ0) is 28.7. The summed E-state index contributed by atoms with van der Waals surface area (Å²) in [5.74, 6) is -0.336. The third kappa shape index (κ3) is 6.23. The average Bonchev–Trinajstić information content (AvgIpc) is 3.62. The highest BCUT2D eigenvalue weighted by Crippen LogP contribution is 2.44. The topological polar surface area (TPSA) is 98.1 Å². The monoisotopic (exact) mass is 557 g/mol. The Morgan fingerprint density at radius 3 is 2.05 bits per heavy atom. The smallest absolute Gasteiger partial charge is 0.407 e. The zero-order valence-electron chi connectivity index (χ0n) is 23.0. The molecular formula is C34H31N5O3. The van der Waals surface area contributed by atoms with Gasteiger partial charge in [-0.15, -0.1) is 5.10 Å². The molecule has 8 nitrogen and oxygen atoms in total. The summed E-state index contributed by atoms with van der Waals surface area (Å²) in [6, 6.07) is 35.7. The second kappa shape index (κ2) is 12.5. The van der Waals surface area contributed by atoms with E-state index in [-0.39, 0.29) is 30.2 Å². The molecule has 5 aromatic rings. The van der Waals surface area contributed by atoms with Gasteiger partial charge >= 0.3 is 6.09 Å². The van der Waals surface area contributed by atoms with E-state index < -0.39 is 6.09 Å². The molecule has 2 amide bonds.